The maximum atomic E-state index is 11.0. The van der Waals surface area contributed by atoms with Gasteiger partial charge in [0.05, 0.1) is 18.6 Å². The van der Waals surface area contributed by atoms with Crippen LogP contribution in [0.5, 0.6) is 0 Å². The third-order valence-electron chi connectivity index (χ3n) is 3.46. The van der Waals surface area contributed by atoms with Crippen LogP contribution in [0.4, 0.5) is 4.79 Å². The summed E-state index contributed by atoms with van der Waals surface area (Å²) in [4.78, 5) is 16.7. The van der Waals surface area contributed by atoms with E-state index < -0.39 is 6.09 Å². The van der Waals surface area contributed by atoms with E-state index in [2.05, 4.69) is 21.7 Å². The highest BCUT2D eigenvalue weighted by atomic mass is 16.4. The Hall–Kier alpha value is -2.30. The molecule has 0 spiro atoms. The summed E-state index contributed by atoms with van der Waals surface area (Å²) in [5, 5.41) is 9.00. The van der Waals surface area contributed by atoms with E-state index in [0.717, 1.165) is 24.4 Å². The second-order valence-electron chi connectivity index (χ2n) is 4.71. The highest BCUT2D eigenvalue weighted by Crippen LogP contribution is 2.18. The van der Waals surface area contributed by atoms with Crippen LogP contribution in [0.15, 0.2) is 36.7 Å². The van der Waals surface area contributed by atoms with Crippen molar-refractivity contribution in [1.29, 1.82) is 0 Å². The Kier molecular flexibility index (Phi) is 2.95. The second-order valence-corrected chi connectivity index (χ2v) is 4.71. The summed E-state index contributed by atoms with van der Waals surface area (Å²) < 4.78 is 2.11. The first kappa shape index (κ1) is 11.8. The lowest BCUT2D eigenvalue weighted by molar-refractivity contribution is 0.139. The number of imidazole rings is 1. The van der Waals surface area contributed by atoms with Crippen LogP contribution in [-0.2, 0) is 19.5 Å². The highest BCUT2D eigenvalue weighted by Gasteiger charge is 2.23. The Morgan fingerprint density at radius 3 is 2.84 bits per heavy atom. The van der Waals surface area contributed by atoms with Gasteiger partial charge >= 0.3 is 6.09 Å². The number of hydrogen-bond acceptors (Lipinski definition) is 2. The first-order valence-corrected chi connectivity index (χ1v) is 6.28. The van der Waals surface area contributed by atoms with Crippen LogP contribution in [0.25, 0.3) is 0 Å². The van der Waals surface area contributed by atoms with Gasteiger partial charge in [0.25, 0.3) is 0 Å². The molecule has 2 heterocycles. The van der Waals surface area contributed by atoms with Crippen molar-refractivity contribution in [2.75, 3.05) is 6.54 Å². The number of carboxylic acid groups (broad SMARTS) is 1. The van der Waals surface area contributed by atoms with E-state index in [4.69, 9.17) is 5.11 Å². The van der Waals surface area contributed by atoms with Gasteiger partial charge in [-0.3, -0.25) is 0 Å². The van der Waals surface area contributed by atoms with E-state index >= 15 is 0 Å². The van der Waals surface area contributed by atoms with Crippen LogP contribution in [0, 0.1) is 0 Å². The Morgan fingerprint density at radius 2 is 2.11 bits per heavy atom. The summed E-state index contributed by atoms with van der Waals surface area (Å²) in [5.74, 6) is 0. The summed E-state index contributed by atoms with van der Waals surface area (Å²) in [5.41, 5.74) is 3.26. The normalized spacial score (nSPS) is 14.2. The van der Waals surface area contributed by atoms with Gasteiger partial charge in [-0.25, -0.2) is 9.78 Å². The molecule has 1 N–H and O–H groups in total. The number of benzene rings is 1. The third-order valence-corrected chi connectivity index (χ3v) is 3.46. The number of fused-ring (bicyclic) bond motifs is 1. The molecule has 0 aliphatic carbocycles. The number of nitrogens with zero attached hydrogens (tertiary/aromatic N) is 3. The summed E-state index contributed by atoms with van der Waals surface area (Å²) in [6, 6.07) is 10.2. The molecule has 0 radical (unpaired) electrons. The molecular weight excluding hydrogens is 242 g/mol. The van der Waals surface area contributed by atoms with E-state index in [0.29, 0.717) is 13.1 Å². The molecule has 0 atom stereocenters. The van der Waals surface area contributed by atoms with Crippen molar-refractivity contribution >= 4 is 6.09 Å². The Morgan fingerprint density at radius 1 is 1.32 bits per heavy atom. The van der Waals surface area contributed by atoms with Crippen molar-refractivity contribution in [2.24, 2.45) is 0 Å². The molecule has 1 aromatic carbocycles. The maximum absolute atomic E-state index is 11.0. The molecule has 0 unspecified atom stereocenters. The van der Waals surface area contributed by atoms with Gasteiger partial charge in [-0.2, -0.15) is 0 Å². The molecular formula is C14H15N3O2. The molecule has 98 valence electrons. The van der Waals surface area contributed by atoms with Crippen molar-refractivity contribution in [3.8, 4) is 0 Å². The van der Waals surface area contributed by atoms with Crippen LogP contribution >= 0.6 is 0 Å². The minimum Gasteiger partial charge on any atom is -0.465 e. The van der Waals surface area contributed by atoms with Crippen molar-refractivity contribution in [1.82, 2.24) is 14.5 Å². The van der Waals surface area contributed by atoms with Gasteiger partial charge in [-0.1, -0.05) is 30.3 Å². The number of hydrogen-bond donors (Lipinski definition) is 1. The van der Waals surface area contributed by atoms with E-state index in [9.17, 15) is 4.79 Å². The number of aromatic nitrogens is 2. The van der Waals surface area contributed by atoms with E-state index in [1.165, 1.54) is 10.5 Å². The van der Waals surface area contributed by atoms with Crippen molar-refractivity contribution in [3.63, 3.8) is 0 Å². The fourth-order valence-electron chi connectivity index (χ4n) is 2.45. The lowest BCUT2D eigenvalue weighted by Gasteiger charge is -2.24. The smallest absolute Gasteiger partial charge is 0.407 e. The molecule has 5 nitrogen and oxygen atoms in total. The van der Waals surface area contributed by atoms with Gasteiger partial charge in [-0.05, 0) is 5.56 Å². The SMILES string of the molecule is O=C(O)N1CCc2c(ncn2Cc2ccccc2)C1. The summed E-state index contributed by atoms with van der Waals surface area (Å²) in [6.07, 6.45) is 1.67. The molecule has 0 bridgehead atoms. The van der Waals surface area contributed by atoms with Crippen LogP contribution in [0.2, 0.25) is 0 Å². The highest BCUT2D eigenvalue weighted by molar-refractivity contribution is 5.65. The van der Waals surface area contributed by atoms with Crippen molar-refractivity contribution < 1.29 is 9.90 Å². The molecule has 3 rings (SSSR count). The van der Waals surface area contributed by atoms with Crippen LogP contribution < -0.4 is 0 Å². The van der Waals surface area contributed by atoms with Gasteiger partial charge in [0.2, 0.25) is 0 Å². The van der Waals surface area contributed by atoms with Crippen LogP contribution in [0.1, 0.15) is 17.0 Å². The van der Waals surface area contributed by atoms with Crippen LogP contribution in [-0.4, -0.2) is 32.2 Å². The molecule has 2 aromatic rings. The Labute approximate surface area is 111 Å². The third kappa shape index (κ3) is 2.31. The zero-order valence-corrected chi connectivity index (χ0v) is 10.5. The van der Waals surface area contributed by atoms with Crippen molar-refractivity contribution in [2.45, 2.75) is 19.5 Å². The first-order valence-electron chi connectivity index (χ1n) is 6.28. The molecule has 0 saturated carbocycles. The molecule has 0 fully saturated rings. The summed E-state index contributed by atoms with van der Waals surface area (Å²) in [6.45, 7) is 1.73. The Balaban J connectivity index is 1.81. The fraction of sp³-hybridized carbons (Fsp3) is 0.286. The predicted molar refractivity (Wildman–Crippen MR) is 69.9 cm³/mol. The van der Waals surface area contributed by atoms with Crippen LogP contribution in [0.3, 0.4) is 0 Å². The van der Waals surface area contributed by atoms with Gasteiger partial charge in [0, 0.05) is 25.2 Å². The first-order chi connectivity index (χ1) is 9.24. The quantitative estimate of drug-likeness (QED) is 0.894. The van der Waals surface area contributed by atoms with E-state index in [1.54, 1.807) is 0 Å². The lowest BCUT2D eigenvalue weighted by atomic mass is 10.1. The zero-order valence-electron chi connectivity index (χ0n) is 10.5. The summed E-state index contributed by atoms with van der Waals surface area (Å²) in [7, 11) is 0. The molecule has 19 heavy (non-hydrogen) atoms. The summed E-state index contributed by atoms with van der Waals surface area (Å²) >= 11 is 0. The molecule has 1 amide bonds. The molecule has 1 aliphatic rings. The van der Waals surface area contributed by atoms with Gasteiger partial charge < -0.3 is 14.6 Å². The Bertz CT molecular complexity index is 592. The molecule has 1 aliphatic heterocycles. The topological polar surface area (TPSA) is 58.4 Å². The molecule has 5 heteroatoms. The number of amides is 1. The fourth-order valence-corrected chi connectivity index (χ4v) is 2.45. The lowest BCUT2D eigenvalue weighted by Crippen LogP contribution is -2.35. The molecule has 1 aromatic heterocycles. The minimum absolute atomic E-state index is 0.395. The molecule has 0 saturated heterocycles. The maximum Gasteiger partial charge on any atom is 0.407 e. The van der Waals surface area contributed by atoms with E-state index in [1.807, 2.05) is 24.5 Å². The van der Waals surface area contributed by atoms with Gasteiger partial charge in [0.15, 0.2) is 0 Å². The number of rotatable bonds is 2. The monoisotopic (exact) mass is 257 g/mol. The van der Waals surface area contributed by atoms with E-state index in [-0.39, 0.29) is 0 Å². The number of carbonyl (C=O) groups is 1. The average molecular weight is 257 g/mol. The van der Waals surface area contributed by atoms with Gasteiger partial charge in [-0.15, -0.1) is 0 Å². The zero-order chi connectivity index (χ0) is 13.2. The second kappa shape index (κ2) is 4.76. The van der Waals surface area contributed by atoms with Crippen molar-refractivity contribution in [3.05, 3.63) is 53.6 Å². The largest absolute Gasteiger partial charge is 0.465 e. The predicted octanol–water partition coefficient (Wildman–Crippen LogP) is 1.97. The minimum atomic E-state index is -0.872. The standard InChI is InChI=1S/C14H15N3O2/c18-14(19)16-7-6-13-12(9-16)15-10-17(13)8-11-4-2-1-3-5-11/h1-5,10H,6-9H2,(H,18,19). The average Bonchev–Trinajstić information content (AvgIpc) is 2.82. The van der Waals surface area contributed by atoms with Gasteiger partial charge in [0.1, 0.15) is 0 Å².